The van der Waals surface area contributed by atoms with E-state index in [1.807, 2.05) is 56.3 Å². The molecule has 0 aliphatic rings. The lowest BCUT2D eigenvalue weighted by Gasteiger charge is -2.16. The van der Waals surface area contributed by atoms with Gasteiger partial charge in [0, 0.05) is 18.5 Å². The molecular formula is C22H28IN3O3. The molecule has 0 saturated heterocycles. The maximum atomic E-state index is 10.2. The fourth-order valence-corrected chi connectivity index (χ4v) is 3.03. The Labute approximate surface area is 188 Å². The third kappa shape index (κ3) is 5.79. The molecule has 1 aromatic heterocycles. The Morgan fingerprint density at radius 2 is 2.00 bits per heavy atom. The summed E-state index contributed by atoms with van der Waals surface area (Å²) < 4.78 is 11.1. The number of nitrogens with zero attached hydrogens (tertiary/aromatic N) is 1. The van der Waals surface area contributed by atoms with Crippen LogP contribution < -0.4 is 15.4 Å². The van der Waals surface area contributed by atoms with Crippen LogP contribution in [0.3, 0.4) is 0 Å². The van der Waals surface area contributed by atoms with Crippen LogP contribution in [0, 0.1) is 0 Å². The lowest BCUT2D eigenvalue weighted by atomic mass is 10.1. The van der Waals surface area contributed by atoms with Crippen molar-refractivity contribution in [2.75, 3.05) is 20.2 Å². The topological polar surface area (TPSA) is 79.0 Å². The molecule has 29 heavy (non-hydrogen) atoms. The van der Waals surface area contributed by atoms with Crippen LogP contribution in [0.1, 0.15) is 31.2 Å². The van der Waals surface area contributed by atoms with Crippen molar-refractivity contribution >= 4 is 40.9 Å². The summed E-state index contributed by atoms with van der Waals surface area (Å²) >= 11 is 0. The summed E-state index contributed by atoms with van der Waals surface area (Å²) in [6.45, 7) is 5.35. The number of ether oxygens (including phenoxy) is 1. The average Bonchev–Trinajstić information content (AvgIpc) is 3.14. The van der Waals surface area contributed by atoms with Crippen LogP contribution in [0.4, 0.5) is 0 Å². The Balaban J connectivity index is 0.00000300. The Kier molecular flexibility index (Phi) is 8.63. The summed E-state index contributed by atoms with van der Waals surface area (Å²) in [6, 6.07) is 15.5. The van der Waals surface area contributed by atoms with Gasteiger partial charge >= 0.3 is 0 Å². The molecule has 2 aromatic carbocycles. The normalized spacial score (nSPS) is 12.3. The lowest BCUT2D eigenvalue weighted by Crippen LogP contribution is -2.38. The Bertz CT molecular complexity index is 922. The third-order valence-electron chi connectivity index (χ3n) is 4.52. The quantitative estimate of drug-likeness (QED) is 0.246. The van der Waals surface area contributed by atoms with E-state index in [4.69, 9.17) is 9.15 Å². The van der Waals surface area contributed by atoms with E-state index in [1.165, 1.54) is 0 Å². The van der Waals surface area contributed by atoms with Crippen molar-refractivity contribution in [3.05, 3.63) is 59.9 Å². The SMILES string of the molecule is CCNC(=NCCc1cccc(OC)c1O)NC(C)c1cc2ccccc2o1.I. The molecule has 3 aromatic rings. The van der Waals surface area contributed by atoms with E-state index in [9.17, 15) is 5.11 Å². The molecule has 1 atom stereocenters. The van der Waals surface area contributed by atoms with Crippen LogP contribution in [0.2, 0.25) is 0 Å². The van der Waals surface area contributed by atoms with Crippen molar-refractivity contribution in [2.24, 2.45) is 4.99 Å². The van der Waals surface area contributed by atoms with Crippen LogP contribution in [0.25, 0.3) is 11.0 Å². The highest BCUT2D eigenvalue weighted by Gasteiger charge is 2.13. The zero-order valence-electron chi connectivity index (χ0n) is 16.9. The third-order valence-corrected chi connectivity index (χ3v) is 4.52. The number of furan rings is 1. The summed E-state index contributed by atoms with van der Waals surface area (Å²) in [5, 5.41) is 17.9. The van der Waals surface area contributed by atoms with Gasteiger partial charge in [-0.25, -0.2) is 0 Å². The number of phenolic OH excluding ortho intramolecular Hbond substituents is 1. The number of guanidine groups is 1. The fraction of sp³-hybridized carbons (Fsp3) is 0.318. The van der Waals surface area contributed by atoms with Crippen molar-refractivity contribution in [3.63, 3.8) is 0 Å². The van der Waals surface area contributed by atoms with Gasteiger partial charge in [-0.05, 0) is 44.0 Å². The van der Waals surface area contributed by atoms with Crippen molar-refractivity contribution in [1.29, 1.82) is 0 Å². The molecule has 0 fully saturated rings. The molecule has 3 N–H and O–H groups in total. The number of halogens is 1. The lowest BCUT2D eigenvalue weighted by molar-refractivity contribution is 0.370. The van der Waals surface area contributed by atoms with Gasteiger partial charge in [-0.3, -0.25) is 4.99 Å². The Morgan fingerprint density at radius 3 is 2.72 bits per heavy atom. The Morgan fingerprint density at radius 1 is 1.21 bits per heavy atom. The number of nitrogens with one attached hydrogen (secondary N) is 2. The predicted molar refractivity (Wildman–Crippen MR) is 128 cm³/mol. The smallest absolute Gasteiger partial charge is 0.191 e. The molecule has 1 unspecified atom stereocenters. The van der Waals surface area contributed by atoms with E-state index in [0.29, 0.717) is 24.7 Å². The van der Waals surface area contributed by atoms with Crippen molar-refractivity contribution in [1.82, 2.24) is 10.6 Å². The number of hydrogen-bond acceptors (Lipinski definition) is 4. The number of fused-ring (bicyclic) bond motifs is 1. The average molecular weight is 509 g/mol. The minimum absolute atomic E-state index is 0. The highest BCUT2D eigenvalue weighted by atomic mass is 127. The van der Waals surface area contributed by atoms with Gasteiger partial charge < -0.3 is 24.9 Å². The van der Waals surface area contributed by atoms with E-state index >= 15 is 0 Å². The largest absolute Gasteiger partial charge is 0.504 e. The van der Waals surface area contributed by atoms with E-state index in [-0.39, 0.29) is 35.8 Å². The number of hydrogen-bond donors (Lipinski definition) is 3. The Hall–Kier alpha value is -2.42. The number of rotatable bonds is 7. The monoisotopic (exact) mass is 509 g/mol. The molecule has 7 heteroatoms. The van der Waals surface area contributed by atoms with Gasteiger partial charge in [0.15, 0.2) is 17.5 Å². The molecule has 6 nitrogen and oxygen atoms in total. The molecule has 0 aliphatic carbocycles. The number of para-hydroxylation sites is 2. The van der Waals surface area contributed by atoms with Crippen molar-refractivity contribution < 1.29 is 14.3 Å². The van der Waals surface area contributed by atoms with Crippen LogP contribution in [-0.2, 0) is 6.42 Å². The highest BCUT2D eigenvalue weighted by molar-refractivity contribution is 14.0. The minimum atomic E-state index is -0.0320. The van der Waals surface area contributed by atoms with Crippen LogP contribution in [0.15, 0.2) is 57.9 Å². The molecule has 0 aliphatic heterocycles. The maximum absolute atomic E-state index is 10.2. The second-order valence-corrected chi connectivity index (χ2v) is 6.53. The molecular weight excluding hydrogens is 481 g/mol. The van der Waals surface area contributed by atoms with Crippen LogP contribution >= 0.6 is 24.0 Å². The fourth-order valence-electron chi connectivity index (χ4n) is 3.03. The second-order valence-electron chi connectivity index (χ2n) is 6.53. The van der Waals surface area contributed by atoms with Gasteiger partial charge in [0.25, 0.3) is 0 Å². The summed E-state index contributed by atoms with van der Waals surface area (Å²) in [7, 11) is 1.55. The zero-order chi connectivity index (χ0) is 19.9. The number of aromatic hydroxyl groups is 1. The van der Waals surface area contributed by atoms with Crippen LogP contribution in [0.5, 0.6) is 11.5 Å². The predicted octanol–water partition coefficient (Wildman–Crippen LogP) is 4.62. The van der Waals surface area contributed by atoms with Gasteiger partial charge in [0.2, 0.25) is 0 Å². The van der Waals surface area contributed by atoms with Gasteiger partial charge in [-0.2, -0.15) is 0 Å². The summed E-state index contributed by atoms with van der Waals surface area (Å²) in [6.07, 6.45) is 0.610. The van der Waals surface area contributed by atoms with Gasteiger partial charge in [-0.1, -0.05) is 30.3 Å². The number of phenols is 1. The summed E-state index contributed by atoms with van der Waals surface area (Å²) in [5.41, 5.74) is 1.69. The van der Waals surface area contributed by atoms with E-state index in [1.54, 1.807) is 13.2 Å². The minimum Gasteiger partial charge on any atom is -0.504 e. The first-order valence-corrected chi connectivity index (χ1v) is 9.50. The van der Waals surface area contributed by atoms with Crippen molar-refractivity contribution in [2.45, 2.75) is 26.3 Å². The molecule has 3 rings (SSSR count). The first kappa shape index (κ1) is 22.9. The first-order valence-electron chi connectivity index (χ1n) is 9.50. The summed E-state index contributed by atoms with van der Waals surface area (Å²) in [5.74, 6) is 2.22. The standard InChI is InChI=1S/C22H27N3O3.HI/c1-4-23-22(24-13-12-16-9-7-11-19(27-3)21(16)26)25-15(2)20-14-17-8-5-6-10-18(17)28-20;/h5-11,14-15,26H,4,12-13H2,1-3H3,(H2,23,24,25);1H. The summed E-state index contributed by atoms with van der Waals surface area (Å²) in [4.78, 5) is 4.63. The molecule has 0 bridgehead atoms. The van der Waals surface area contributed by atoms with E-state index < -0.39 is 0 Å². The molecule has 1 heterocycles. The molecule has 0 saturated carbocycles. The highest BCUT2D eigenvalue weighted by Crippen LogP contribution is 2.29. The molecule has 0 spiro atoms. The van der Waals surface area contributed by atoms with E-state index in [2.05, 4.69) is 15.6 Å². The maximum Gasteiger partial charge on any atom is 0.191 e. The van der Waals surface area contributed by atoms with Gasteiger partial charge in [0.1, 0.15) is 11.3 Å². The van der Waals surface area contributed by atoms with Crippen molar-refractivity contribution in [3.8, 4) is 11.5 Å². The molecule has 156 valence electrons. The molecule has 0 amide bonds. The second kappa shape index (κ2) is 10.9. The number of benzene rings is 2. The number of aliphatic imine (C=N–C) groups is 1. The van der Waals surface area contributed by atoms with E-state index in [0.717, 1.165) is 28.8 Å². The number of methoxy groups -OCH3 is 1. The van der Waals surface area contributed by atoms with Gasteiger partial charge in [0.05, 0.1) is 13.2 Å². The zero-order valence-corrected chi connectivity index (χ0v) is 19.3. The first-order chi connectivity index (χ1) is 13.6. The van der Waals surface area contributed by atoms with Gasteiger partial charge in [-0.15, -0.1) is 24.0 Å². The van der Waals surface area contributed by atoms with Crippen LogP contribution in [-0.4, -0.2) is 31.3 Å². The molecule has 0 radical (unpaired) electrons.